The van der Waals surface area contributed by atoms with Gasteiger partial charge in [-0.05, 0) is 18.2 Å². The Kier molecular flexibility index (Phi) is 4.89. The first-order chi connectivity index (χ1) is 13.0. The summed E-state index contributed by atoms with van der Waals surface area (Å²) in [7, 11) is -1.75. The van der Waals surface area contributed by atoms with Crippen molar-refractivity contribution in [2.45, 2.75) is 0 Å². The number of hydrogen-bond donors (Lipinski definition) is 0. The van der Waals surface area contributed by atoms with Gasteiger partial charge in [0.25, 0.3) is 15.8 Å². The van der Waals surface area contributed by atoms with Crippen molar-refractivity contribution in [3.8, 4) is 0 Å². The summed E-state index contributed by atoms with van der Waals surface area (Å²) < 4.78 is 35.3. The van der Waals surface area contributed by atoms with Gasteiger partial charge < -0.3 is 14.2 Å². The van der Waals surface area contributed by atoms with E-state index in [9.17, 15) is 13.2 Å². The standard InChI is InChI=1S/C17H23N5O4S/c1-19-13-18-16-12-14(2-3-15(16)17(19)23)20-4-6-21(7-5-20)27(24,25)22-8-10-26-11-9-22/h2-3,12-13H,4-11H2,1H3. The van der Waals surface area contributed by atoms with Crippen LogP contribution in [0, 0.1) is 0 Å². The zero-order valence-electron chi connectivity index (χ0n) is 15.2. The summed E-state index contributed by atoms with van der Waals surface area (Å²) in [5, 5.41) is 0.581. The first-order valence-electron chi connectivity index (χ1n) is 9.00. The number of morpholine rings is 1. The third-order valence-electron chi connectivity index (χ3n) is 5.13. The SMILES string of the molecule is Cn1cnc2cc(N3CCN(S(=O)(=O)N4CCOCC4)CC3)ccc2c1=O. The normalized spacial score (nSPS) is 20.3. The maximum atomic E-state index is 12.8. The maximum absolute atomic E-state index is 12.8. The highest BCUT2D eigenvalue weighted by Gasteiger charge is 2.33. The fraction of sp³-hybridized carbons (Fsp3) is 0.529. The quantitative estimate of drug-likeness (QED) is 0.707. The van der Waals surface area contributed by atoms with Crippen molar-refractivity contribution >= 4 is 26.8 Å². The van der Waals surface area contributed by atoms with Gasteiger partial charge in [-0.15, -0.1) is 0 Å². The Morgan fingerprint density at radius 3 is 2.37 bits per heavy atom. The Balaban J connectivity index is 1.48. The third kappa shape index (κ3) is 3.45. The molecule has 0 bridgehead atoms. The van der Waals surface area contributed by atoms with Gasteiger partial charge in [-0.2, -0.15) is 17.0 Å². The molecule has 0 radical (unpaired) electrons. The van der Waals surface area contributed by atoms with Crippen molar-refractivity contribution in [2.75, 3.05) is 57.4 Å². The molecule has 0 atom stereocenters. The summed E-state index contributed by atoms with van der Waals surface area (Å²) in [4.78, 5) is 18.6. The number of aromatic nitrogens is 2. The lowest BCUT2D eigenvalue weighted by molar-refractivity contribution is 0.0700. The molecule has 2 aliphatic rings. The molecule has 9 nitrogen and oxygen atoms in total. The molecule has 0 N–H and O–H groups in total. The minimum atomic E-state index is -3.43. The summed E-state index contributed by atoms with van der Waals surface area (Å²) in [5.41, 5.74) is 1.53. The van der Waals surface area contributed by atoms with Crippen molar-refractivity contribution in [2.24, 2.45) is 7.05 Å². The van der Waals surface area contributed by atoms with Crippen molar-refractivity contribution in [1.29, 1.82) is 0 Å². The third-order valence-corrected chi connectivity index (χ3v) is 7.16. The molecule has 146 valence electrons. The van der Waals surface area contributed by atoms with Gasteiger partial charge in [-0.3, -0.25) is 4.79 Å². The Morgan fingerprint density at radius 1 is 1.00 bits per heavy atom. The van der Waals surface area contributed by atoms with Crippen LogP contribution >= 0.6 is 0 Å². The number of benzene rings is 1. The lowest BCUT2D eigenvalue weighted by Crippen LogP contribution is -2.55. The van der Waals surface area contributed by atoms with Crippen LogP contribution in [0.15, 0.2) is 29.3 Å². The van der Waals surface area contributed by atoms with Crippen LogP contribution in [-0.2, 0) is 22.0 Å². The van der Waals surface area contributed by atoms with E-state index in [-0.39, 0.29) is 5.56 Å². The summed E-state index contributed by atoms with van der Waals surface area (Å²) >= 11 is 0. The first kappa shape index (κ1) is 18.4. The molecule has 1 aromatic heterocycles. The second kappa shape index (κ2) is 7.19. The number of rotatable bonds is 3. The monoisotopic (exact) mass is 393 g/mol. The smallest absolute Gasteiger partial charge is 0.282 e. The maximum Gasteiger partial charge on any atom is 0.282 e. The molecule has 0 saturated carbocycles. The van der Waals surface area contributed by atoms with Gasteiger partial charge in [0, 0.05) is 52.0 Å². The number of fused-ring (bicyclic) bond motifs is 1. The average Bonchev–Trinajstić information content (AvgIpc) is 2.71. The van der Waals surface area contributed by atoms with E-state index in [1.165, 1.54) is 15.2 Å². The molecule has 0 unspecified atom stereocenters. The average molecular weight is 393 g/mol. The number of nitrogens with zero attached hydrogens (tertiary/aromatic N) is 5. The molecule has 27 heavy (non-hydrogen) atoms. The van der Waals surface area contributed by atoms with E-state index in [1.54, 1.807) is 17.4 Å². The molecule has 0 spiro atoms. The molecule has 0 aliphatic carbocycles. The Hall–Kier alpha value is -2.01. The van der Waals surface area contributed by atoms with Crippen LogP contribution in [0.25, 0.3) is 10.9 Å². The predicted molar refractivity (Wildman–Crippen MR) is 102 cm³/mol. The molecular formula is C17H23N5O4S. The van der Waals surface area contributed by atoms with E-state index in [1.807, 2.05) is 12.1 Å². The fourth-order valence-electron chi connectivity index (χ4n) is 3.51. The van der Waals surface area contributed by atoms with Crippen molar-refractivity contribution < 1.29 is 13.2 Å². The van der Waals surface area contributed by atoms with Crippen LogP contribution in [0.4, 0.5) is 5.69 Å². The highest BCUT2D eigenvalue weighted by atomic mass is 32.2. The fourth-order valence-corrected chi connectivity index (χ4v) is 5.08. The second-order valence-corrected chi connectivity index (χ2v) is 8.70. The molecule has 1 aromatic carbocycles. The highest BCUT2D eigenvalue weighted by Crippen LogP contribution is 2.22. The van der Waals surface area contributed by atoms with E-state index >= 15 is 0 Å². The van der Waals surface area contributed by atoms with Gasteiger partial charge in [0.15, 0.2) is 0 Å². The lowest BCUT2D eigenvalue weighted by Gasteiger charge is -2.38. The zero-order chi connectivity index (χ0) is 19.0. The number of ether oxygens (including phenoxy) is 1. The van der Waals surface area contributed by atoms with Crippen LogP contribution < -0.4 is 10.5 Å². The first-order valence-corrected chi connectivity index (χ1v) is 10.4. The summed E-state index contributed by atoms with van der Waals surface area (Å²) in [6.45, 7) is 3.77. The van der Waals surface area contributed by atoms with Crippen LogP contribution in [0.1, 0.15) is 0 Å². The molecule has 10 heteroatoms. The van der Waals surface area contributed by atoms with E-state index in [0.29, 0.717) is 63.4 Å². The molecular weight excluding hydrogens is 370 g/mol. The largest absolute Gasteiger partial charge is 0.379 e. The van der Waals surface area contributed by atoms with Gasteiger partial charge in [-0.1, -0.05) is 0 Å². The van der Waals surface area contributed by atoms with E-state index in [0.717, 1.165) is 5.69 Å². The van der Waals surface area contributed by atoms with Crippen LogP contribution in [0.5, 0.6) is 0 Å². The van der Waals surface area contributed by atoms with Gasteiger partial charge in [0.1, 0.15) is 0 Å². The topological polar surface area (TPSA) is 88.0 Å². The van der Waals surface area contributed by atoms with Crippen molar-refractivity contribution in [1.82, 2.24) is 18.2 Å². The number of anilines is 1. The number of hydrogen-bond acceptors (Lipinski definition) is 6. The van der Waals surface area contributed by atoms with Gasteiger partial charge in [-0.25, -0.2) is 4.98 Å². The summed E-state index contributed by atoms with van der Waals surface area (Å²) in [6, 6.07) is 5.58. The molecule has 2 aliphatic heterocycles. The van der Waals surface area contributed by atoms with Crippen molar-refractivity contribution in [3.05, 3.63) is 34.9 Å². The Labute approximate surface area is 157 Å². The molecule has 2 fully saturated rings. The molecule has 3 heterocycles. The Morgan fingerprint density at radius 2 is 1.67 bits per heavy atom. The summed E-state index contributed by atoms with van der Waals surface area (Å²) in [6.07, 6.45) is 1.52. The van der Waals surface area contributed by atoms with Crippen LogP contribution in [0.2, 0.25) is 0 Å². The summed E-state index contributed by atoms with van der Waals surface area (Å²) in [5.74, 6) is 0. The lowest BCUT2D eigenvalue weighted by atomic mass is 10.2. The number of aryl methyl sites for hydroxylation is 1. The zero-order valence-corrected chi connectivity index (χ0v) is 16.1. The predicted octanol–water partition coefficient (Wildman–Crippen LogP) is -0.367. The molecule has 2 aromatic rings. The van der Waals surface area contributed by atoms with Crippen LogP contribution in [0.3, 0.4) is 0 Å². The van der Waals surface area contributed by atoms with Gasteiger partial charge >= 0.3 is 0 Å². The minimum Gasteiger partial charge on any atom is -0.379 e. The Bertz CT molecular complexity index is 992. The van der Waals surface area contributed by atoms with Gasteiger partial charge in [0.2, 0.25) is 0 Å². The number of piperazine rings is 1. The highest BCUT2D eigenvalue weighted by molar-refractivity contribution is 7.86. The van der Waals surface area contributed by atoms with E-state index in [4.69, 9.17) is 4.74 Å². The van der Waals surface area contributed by atoms with Crippen molar-refractivity contribution in [3.63, 3.8) is 0 Å². The molecule has 4 rings (SSSR count). The van der Waals surface area contributed by atoms with Gasteiger partial charge in [0.05, 0.1) is 30.4 Å². The minimum absolute atomic E-state index is 0.0760. The van der Waals surface area contributed by atoms with E-state index < -0.39 is 10.2 Å². The van der Waals surface area contributed by atoms with Crippen LogP contribution in [-0.4, -0.2) is 79.1 Å². The molecule has 0 amide bonds. The molecule has 2 saturated heterocycles. The second-order valence-electron chi connectivity index (χ2n) is 6.77. The van der Waals surface area contributed by atoms with E-state index in [2.05, 4.69) is 9.88 Å².